The molecule has 1 aliphatic heterocycles. The van der Waals surface area contributed by atoms with E-state index in [-0.39, 0.29) is 11.3 Å². The normalized spacial score (nSPS) is 27.5. The Morgan fingerprint density at radius 1 is 1.50 bits per heavy atom. The summed E-state index contributed by atoms with van der Waals surface area (Å²) in [6.07, 6.45) is 0.340. The van der Waals surface area contributed by atoms with E-state index in [1.807, 2.05) is 6.92 Å². The fourth-order valence-electron chi connectivity index (χ4n) is 1.81. The monoisotopic (exact) mass is 310 g/mol. The van der Waals surface area contributed by atoms with Gasteiger partial charge in [-0.05, 0) is 13.0 Å². The van der Waals surface area contributed by atoms with Crippen molar-refractivity contribution in [3.05, 3.63) is 21.3 Å². The standard InChI is InChI=1S/C11H13Cl3N2O2/c1-6-11(17,2-3-18-6)5-15-10-8(13)4-7(12)9(14)16-10/h4,6,17H,2-3,5H2,1H3,(H,15,16). The van der Waals surface area contributed by atoms with Crippen LogP contribution in [0.25, 0.3) is 0 Å². The minimum Gasteiger partial charge on any atom is -0.385 e. The molecule has 0 aromatic carbocycles. The van der Waals surface area contributed by atoms with E-state index >= 15 is 0 Å². The summed E-state index contributed by atoms with van der Waals surface area (Å²) in [7, 11) is 0. The molecule has 18 heavy (non-hydrogen) atoms. The third kappa shape index (κ3) is 2.83. The van der Waals surface area contributed by atoms with E-state index in [1.54, 1.807) is 0 Å². The van der Waals surface area contributed by atoms with Gasteiger partial charge in [-0.2, -0.15) is 0 Å². The molecule has 1 aromatic rings. The highest BCUT2D eigenvalue weighted by atomic mass is 35.5. The molecule has 1 aromatic heterocycles. The highest BCUT2D eigenvalue weighted by molar-refractivity contribution is 6.42. The number of rotatable bonds is 3. The number of halogens is 3. The Labute approximate surface area is 120 Å². The predicted octanol–water partition coefficient (Wildman–Crippen LogP) is 2.99. The van der Waals surface area contributed by atoms with Gasteiger partial charge in [-0.1, -0.05) is 34.8 Å². The summed E-state index contributed by atoms with van der Waals surface area (Å²) >= 11 is 17.6. The molecule has 2 heterocycles. The van der Waals surface area contributed by atoms with E-state index in [0.29, 0.717) is 35.4 Å². The van der Waals surface area contributed by atoms with E-state index in [0.717, 1.165) is 0 Å². The molecule has 0 radical (unpaired) electrons. The quantitative estimate of drug-likeness (QED) is 0.843. The van der Waals surface area contributed by atoms with Crippen LogP contribution < -0.4 is 5.32 Å². The summed E-state index contributed by atoms with van der Waals surface area (Å²) in [4.78, 5) is 4.03. The summed E-state index contributed by atoms with van der Waals surface area (Å²) in [5.41, 5.74) is -0.920. The molecule has 0 spiro atoms. The first-order chi connectivity index (χ1) is 8.42. The first-order valence-electron chi connectivity index (χ1n) is 5.52. The molecule has 0 aliphatic carbocycles. The molecule has 2 atom stereocenters. The van der Waals surface area contributed by atoms with Gasteiger partial charge in [0.05, 0.1) is 16.1 Å². The molecule has 4 nitrogen and oxygen atoms in total. The summed E-state index contributed by atoms with van der Waals surface area (Å²) in [6.45, 7) is 2.67. The Bertz CT molecular complexity index is 458. The van der Waals surface area contributed by atoms with Crippen molar-refractivity contribution >= 4 is 40.6 Å². The Kier molecular flexibility index (Phi) is 4.24. The van der Waals surface area contributed by atoms with Gasteiger partial charge in [0.1, 0.15) is 16.6 Å². The Morgan fingerprint density at radius 3 is 2.83 bits per heavy atom. The molecule has 2 N–H and O–H groups in total. The van der Waals surface area contributed by atoms with E-state index in [2.05, 4.69) is 10.3 Å². The number of hydrogen-bond donors (Lipinski definition) is 2. The maximum atomic E-state index is 10.3. The fourth-order valence-corrected chi connectivity index (χ4v) is 2.37. The molecule has 2 rings (SSSR count). The number of aromatic nitrogens is 1. The summed E-state index contributed by atoms with van der Waals surface area (Å²) in [5.74, 6) is 0.401. The van der Waals surface area contributed by atoms with Gasteiger partial charge in [-0.3, -0.25) is 0 Å². The zero-order chi connectivity index (χ0) is 13.3. The largest absolute Gasteiger partial charge is 0.385 e. The smallest absolute Gasteiger partial charge is 0.150 e. The Morgan fingerprint density at radius 2 is 2.22 bits per heavy atom. The van der Waals surface area contributed by atoms with Crippen LogP contribution >= 0.6 is 34.8 Å². The minimum atomic E-state index is -0.920. The first-order valence-corrected chi connectivity index (χ1v) is 6.65. The van der Waals surface area contributed by atoms with Crippen molar-refractivity contribution in [1.82, 2.24) is 4.98 Å². The maximum absolute atomic E-state index is 10.3. The van der Waals surface area contributed by atoms with E-state index < -0.39 is 5.60 Å². The van der Waals surface area contributed by atoms with Crippen molar-refractivity contribution in [3.63, 3.8) is 0 Å². The number of pyridine rings is 1. The molecular weight excluding hydrogens is 298 g/mol. The number of anilines is 1. The van der Waals surface area contributed by atoms with Crippen LogP contribution in [0.2, 0.25) is 15.2 Å². The van der Waals surface area contributed by atoms with Crippen LogP contribution in [0.1, 0.15) is 13.3 Å². The molecular formula is C11H13Cl3N2O2. The van der Waals surface area contributed by atoms with E-state index in [4.69, 9.17) is 39.5 Å². The highest BCUT2D eigenvalue weighted by Crippen LogP contribution is 2.31. The Balaban J connectivity index is 2.09. The highest BCUT2D eigenvalue weighted by Gasteiger charge is 2.39. The molecule has 1 aliphatic rings. The van der Waals surface area contributed by atoms with Crippen LogP contribution in [0, 0.1) is 0 Å². The molecule has 1 saturated heterocycles. The summed E-state index contributed by atoms with van der Waals surface area (Å²) in [5, 5.41) is 14.1. The summed E-state index contributed by atoms with van der Waals surface area (Å²) < 4.78 is 5.34. The van der Waals surface area contributed by atoms with Crippen LogP contribution in [-0.2, 0) is 4.74 Å². The van der Waals surface area contributed by atoms with Gasteiger partial charge in [0.25, 0.3) is 0 Å². The van der Waals surface area contributed by atoms with Gasteiger partial charge in [0.15, 0.2) is 0 Å². The van der Waals surface area contributed by atoms with Crippen molar-refractivity contribution in [2.45, 2.75) is 25.0 Å². The van der Waals surface area contributed by atoms with Crippen LogP contribution in [0.5, 0.6) is 0 Å². The second-order valence-corrected chi connectivity index (χ2v) is 5.48. The van der Waals surface area contributed by atoms with Crippen molar-refractivity contribution in [3.8, 4) is 0 Å². The van der Waals surface area contributed by atoms with E-state index in [1.165, 1.54) is 6.07 Å². The number of hydrogen-bond acceptors (Lipinski definition) is 4. The minimum absolute atomic E-state index is 0.172. The zero-order valence-electron chi connectivity index (χ0n) is 9.71. The van der Waals surface area contributed by atoms with Gasteiger partial charge in [0.2, 0.25) is 0 Å². The van der Waals surface area contributed by atoms with Crippen LogP contribution in [0.3, 0.4) is 0 Å². The van der Waals surface area contributed by atoms with Crippen molar-refractivity contribution in [2.24, 2.45) is 0 Å². The van der Waals surface area contributed by atoms with Crippen LogP contribution in [0.15, 0.2) is 6.07 Å². The molecule has 7 heteroatoms. The SMILES string of the molecule is CC1OCCC1(O)CNc1nc(Cl)c(Cl)cc1Cl. The van der Waals surface area contributed by atoms with Crippen molar-refractivity contribution in [2.75, 3.05) is 18.5 Å². The first kappa shape index (κ1) is 14.2. The van der Waals surface area contributed by atoms with Gasteiger partial charge in [-0.25, -0.2) is 4.98 Å². The molecule has 0 amide bonds. The number of aliphatic hydroxyl groups is 1. The average Bonchev–Trinajstić information content (AvgIpc) is 2.63. The summed E-state index contributed by atoms with van der Waals surface area (Å²) in [6, 6.07) is 1.51. The molecule has 1 fully saturated rings. The predicted molar refractivity (Wildman–Crippen MR) is 72.7 cm³/mol. The third-order valence-corrected chi connectivity index (χ3v) is 4.07. The maximum Gasteiger partial charge on any atom is 0.150 e. The van der Waals surface area contributed by atoms with Gasteiger partial charge in [0, 0.05) is 19.6 Å². The van der Waals surface area contributed by atoms with Crippen LogP contribution in [0.4, 0.5) is 5.82 Å². The third-order valence-electron chi connectivity index (χ3n) is 3.11. The van der Waals surface area contributed by atoms with Gasteiger partial charge in [-0.15, -0.1) is 0 Å². The van der Waals surface area contributed by atoms with Crippen molar-refractivity contribution in [1.29, 1.82) is 0 Å². The number of nitrogens with zero attached hydrogens (tertiary/aromatic N) is 1. The number of nitrogens with one attached hydrogen (secondary N) is 1. The van der Waals surface area contributed by atoms with Gasteiger partial charge >= 0.3 is 0 Å². The van der Waals surface area contributed by atoms with Crippen LogP contribution in [-0.4, -0.2) is 34.9 Å². The molecule has 2 unspecified atom stereocenters. The second-order valence-electron chi connectivity index (χ2n) is 4.31. The molecule has 0 saturated carbocycles. The lowest BCUT2D eigenvalue weighted by Crippen LogP contribution is -2.43. The lowest BCUT2D eigenvalue weighted by atomic mass is 9.97. The Hall–Kier alpha value is -0.260. The van der Waals surface area contributed by atoms with Crippen molar-refractivity contribution < 1.29 is 9.84 Å². The van der Waals surface area contributed by atoms with Gasteiger partial charge < -0.3 is 15.2 Å². The number of ether oxygens (including phenoxy) is 1. The molecule has 0 bridgehead atoms. The molecule has 100 valence electrons. The lowest BCUT2D eigenvalue weighted by molar-refractivity contribution is -0.0176. The average molecular weight is 312 g/mol. The van der Waals surface area contributed by atoms with E-state index in [9.17, 15) is 5.11 Å². The second kappa shape index (κ2) is 5.39. The zero-order valence-corrected chi connectivity index (χ0v) is 12.0. The topological polar surface area (TPSA) is 54.4 Å². The lowest BCUT2D eigenvalue weighted by Gasteiger charge is -2.26. The fraction of sp³-hybridized carbons (Fsp3) is 0.545.